The van der Waals surface area contributed by atoms with Crippen molar-refractivity contribution in [2.45, 2.75) is 18.8 Å². The van der Waals surface area contributed by atoms with Crippen molar-refractivity contribution < 1.29 is 0 Å². The minimum absolute atomic E-state index is 0.781. The molecule has 1 saturated carbocycles. The third-order valence-electron chi connectivity index (χ3n) is 3.99. The SMILES string of the molecule is Clc1ccc(C2[C@@H]3CC[C@H]2CNC3)cc1. The van der Waals surface area contributed by atoms with Crippen molar-refractivity contribution in [2.75, 3.05) is 13.1 Å². The third-order valence-corrected chi connectivity index (χ3v) is 4.24. The van der Waals surface area contributed by atoms with Gasteiger partial charge in [0.05, 0.1) is 0 Å². The molecule has 1 aliphatic carbocycles. The van der Waals surface area contributed by atoms with E-state index in [1.165, 1.54) is 31.5 Å². The van der Waals surface area contributed by atoms with Crippen LogP contribution in [0.2, 0.25) is 5.02 Å². The van der Waals surface area contributed by atoms with Crippen LogP contribution in [-0.4, -0.2) is 13.1 Å². The smallest absolute Gasteiger partial charge is 0.0406 e. The quantitative estimate of drug-likeness (QED) is 0.769. The summed E-state index contributed by atoms with van der Waals surface area (Å²) in [5.74, 6) is 2.48. The molecule has 3 rings (SSSR count). The van der Waals surface area contributed by atoms with Crippen molar-refractivity contribution in [1.29, 1.82) is 0 Å². The van der Waals surface area contributed by atoms with Gasteiger partial charge in [-0.25, -0.2) is 0 Å². The summed E-state index contributed by atoms with van der Waals surface area (Å²) in [5.41, 5.74) is 1.49. The van der Waals surface area contributed by atoms with Crippen LogP contribution in [0.15, 0.2) is 24.3 Å². The molecule has 1 heterocycles. The molecular weight excluding hydrogens is 206 g/mol. The largest absolute Gasteiger partial charge is 0.316 e. The molecule has 2 heteroatoms. The lowest BCUT2D eigenvalue weighted by molar-refractivity contribution is 0.323. The van der Waals surface area contributed by atoms with Gasteiger partial charge >= 0.3 is 0 Å². The molecule has 1 aromatic rings. The Hall–Kier alpha value is -0.530. The second-order valence-corrected chi connectivity index (χ2v) is 5.27. The molecule has 0 radical (unpaired) electrons. The molecule has 3 atom stereocenters. The molecule has 2 aliphatic rings. The maximum absolute atomic E-state index is 5.93. The van der Waals surface area contributed by atoms with Crippen molar-refractivity contribution in [3.05, 3.63) is 34.9 Å². The number of hydrogen-bond donors (Lipinski definition) is 1. The van der Waals surface area contributed by atoms with E-state index >= 15 is 0 Å². The lowest BCUT2D eigenvalue weighted by atomic mass is 9.81. The van der Waals surface area contributed by atoms with Gasteiger partial charge in [0.15, 0.2) is 0 Å². The summed E-state index contributed by atoms with van der Waals surface area (Å²) in [6.07, 6.45) is 2.79. The van der Waals surface area contributed by atoms with Crippen molar-refractivity contribution in [3.63, 3.8) is 0 Å². The van der Waals surface area contributed by atoms with Gasteiger partial charge in [-0.05, 0) is 61.4 Å². The number of piperidine rings is 1. The van der Waals surface area contributed by atoms with Crippen LogP contribution in [0.3, 0.4) is 0 Å². The molecule has 0 spiro atoms. The average Bonchev–Trinajstić information content (AvgIpc) is 2.51. The number of benzene rings is 1. The summed E-state index contributed by atoms with van der Waals surface area (Å²) in [5, 5.41) is 4.38. The molecule has 0 aromatic heterocycles. The highest BCUT2D eigenvalue weighted by Gasteiger charge is 2.39. The predicted molar refractivity (Wildman–Crippen MR) is 63.3 cm³/mol. The number of fused-ring (bicyclic) bond motifs is 2. The van der Waals surface area contributed by atoms with Gasteiger partial charge in [0.1, 0.15) is 0 Å². The van der Waals surface area contributed by atoms with Crippen LogP contribution in [-0.2, 0) is 0 Å². The van der Waals surface area contributed by atoms with Crippen LogP contribution >= 0.6 is 11.6 Å². The topological polar surface area (TPSA) is 12.0 Å². The molecule has 1 aliphatic heterocycles. The van der Waals surface area contributed by atoms with Gasteiger partial charge in [-0.1, -0.05) is 23.7 Å². The monoisotopic (exact) mass is 221 g/mol. The fourth-order valence-electron chi connectivity index (χ4n) is 3.31. The molecule has 0 amide bonds. The van der Waals surface area contributed by atoms with Crippen molar-refractivity contribution in [2.24, 2.45) is 11.8 Å². The van der Waals surface area contributed by atoms with E-state index < -0.39 is 0 Å². The Labute approximate surface area is 95.8 Å². The van der Waals surface area contributed by atoms with E-state index in [0.717, 1.165) is 22.8 Å². The lowest BCUT2D eigenvalue weighted by Crippen LogP contribution is -2.36. The van der Waals surface area contributed by atoms with Crippen LogP contribution in [0.25, 0.3) is 0 Å². The summed E-state index contributed by atoms with van der Waals surface area (Å²) in [6, 6.07) is 8.48. The van der Waals surface area contributed by atoms with Gasteiger partial charge in [-0.15, -0.1) is 0 Å². The first kappa shape index (κ1) is 9.68. The van der Waals surface area contributed by atoms with Gasteiger partial charge in [0.2, 0.25) is 0 Å². The van der Waals surface area contributed by atoms with Gasteiger partial charge in [-0.3, -0.25) is 0 Å². The number of nitrogens with one attached hydrogen (secondary N) is 1. The third kappa shape index (κ3) is 1.68. The zero-order valence-electron chi connectivity index (χ0n) is 8.75. The van der Waals surface area contributed by atoms with Gasteiger partial charge in [0, 0.05) is 5.02 Å². The van der Waals surface area contributed by atoms with Gasteiger partial charge < -0.3 is 5.32 Å². The molecule has 1 N–H and O–H groups in total. The maximum atomic E-state index is 5.93. The summed E-state index contributed by atoms with van der Waals surface area (Å²) in [7, 11) is 0. The Morgan fingerprint density at radius 1 is 1.00 bits per heavy atom. The zero-order chi connectivity index (χ0) is 10.3. The van der Waals surface area contributed by atoms with Gasteiger partial charge in [-0.2, -0.15) is 0 Å². The fraction of sp³-hybridized carbons (Fsp3) is 0.538. The first-order valence-corrected chi connectivity index (χ1v) is 6.18. The molecule has 1 aromatic carbocycles. The van der Waals surface area contributed by atoms with E-state index in [0.29, 0.717) is 0 Å². The van der Waals surface area contributed by atoms with Crippen molar-refractivity contribution >= 4 is 11.6 Å². The number of rotatable bonds is 1. The Morgan fingerprint density at radius 3 is 2.20 bits per heavy atom. The molecule has 1 unspecified atom stereocenters. The Kier molecular flexibility index (Phi) is 2.45. The highest BCUT2D eigenvalue weighted by atomic mass is 35.5. The second-order valence-electron chi connectivity index (χ2n) is 4.83. The van der Waals surface area contributed by atoms with E-state index in [1.54, 1.807) is 0 Å². The van der Waals surface area contributed by atoms with Crippen LogP contribution in [0.1, 0.15) is 24.3 Å². The lowest BCUT2D eigenvalue weighted by Gasteiger charge is -2.31. The Morgan fingerprint density at radius 2 is 1.60 bits per heavy atom. The van der Waals surface area contributed by atoms with Crippen LogP contribution < -0.4 is 5.32 Å². The summed E-state index contributed by atoms with van der Waals surface area (Å²) in [4.78, 5) is 0. The normalized spacial score (nSPS) is 34.3. The Balaban J connectivity index is 1.90. The first-order valence-electron chi connectivity index (χ1n) is 5.81. The van der Waals surface area contributed by atoms with E-state index in [4.69, 9.17) is 11.6 Å². The highest BCUT2D eigenvalue weighted by molar-refractivity contribution is 6.30. The molecule has 2 bridgehead atoms. The standard InChI is InChI=1S/C13H16ClN/c14-12-5-3-9(4-6-12)13-10-1-2-11(13)8-15-7-10/h3-6,10-11,13,15H,1-2,7-8H2/t10-,11+,13?. The molecule has 15 heavy (non-hydrogen) atoms. The minimum Gasteiger partial charge on any atom is -0.316 e. The highest BCUT2D eigenvalue weighted by Crippen LogP contribution is 2.45. The van der Waals surface area contributed by atoms with Gasteiger partial charge in [0.25, 0.3) is 0 Å². The number of hydrogen-bond acceptors (Lipinski definition) is 1. The fourth-order valence-corrected chi connectivity index (χ4v) is 3.44. The second kappa shape index (κ2) is 3.80. The minimum atomic E-state index is 0.781. The van der Waals surface area contributed by atoms with Crippen LogP contribution in [0, 0.1) is 11.8 Å². The predicted octanol–water partition coefficient (Wildman–Crippen LogP) is 3.05. The number of halogens is 1. The summed E-state index contributed by atoms with van der Waals surface area (Å²) in [6.45, 7) is 2.40. The van der Waals surface area contributed by atoms with Crippen molar-refractivity contribution in [1.82, 2.24) is 5.32 Å². The first-order chi connectivity index (χ1) is 7.34. The maximum Gasteiger partial charge on any atom is 0.0406 e. The molecular formula is C13H16ClN. The molecule has 1 nitrogen and oxygen atoms in total. The zero-order valence-corrected chi connectivity index (χ0v) is 9.50. The van der Waals surface area contributed by atoms with Crippen molar-refractivity contribution in [3.8, 4) is 0 Å². The van der Waals surface area contributed by atoms with E-state index in [1.807, 2.05) is 12.1 Å². The summed E-state index contributed by atoms with van der Waals surface area (Å²) >= 11 is 5.93. The van der Waals surface area contributed by atoms with Crippen LogP contribution in [0.4, 0.5) is 0 Å². The van der Waals surface area contributed by atoms with E-state index in [-0.39, 0.29) is 0 Å². The average molecular weight is 222 g/mol. The summed E-state index contributed by atoms with van der Waals surface area (Å²) < 4.78 is 0. The molecule has 2 fully saturated rings. The molecule has 1 saturated heterocycles. The van der Waals surface area contributed by atoms with E-state index in [9.17, 15) is 0 Å². The van der Waals surface area contributed by atoms with E-state index in [2.05, 4.69) is 17.4 Å². The molecule has 80 valence electrons. The Bertz CT molecular complexity index is 330. The van der Waals surface area contributed by atoms with Crippen LogP contribution in [0.5, 0.6) is 0 Å².